The second-order valence-electron chi connectivity index (χ2n) is 5.42. The Kier molecular flexibility index (Phi) is 3.98. The number of amides is 1. The van der Waals surface area contributed by atoms with Gasteiger partial charge in [-0.15, -0.1) is 0 Å². The molecule has 0 unspecified atom stereocenters. The monoisotopic (exact) mass is 321 g/mol. The molecule has 1 heterocycles. The van der Waals surface area contributed by atoms with E-state index in [1.165, 1.54) is 19.1 Å². The quantitative estimate of drug-likeness (QED) is 0.943. The van der Waals surface area contributed by atoms with E-state index in [1.54, 1.807) is 0 Å². The van der Waals surface area contributed by atoms with Crippen molar-refractivity contribution in [2.75, 3.05) is 6.54 Å². The van der Waals surface area contributed by atoms with Crippen LogP contribution in [0, 0.1) is 17.5 Å². The van der Waals surface area contributed by atoms with Gasteiger partial charge in [0.1, 0.15) is 29.3 Å². The number of carbonyl (C=O) groups excluding carboxylic acids is 1. The summed E-state index contributed by atoms with van der Waals surface area (Å²) in [7, 11) is 0. The molecule has 0 fully saturated rings. The van der Waals surface area contributed by atoms with Crippen LogP contribution in [0.15, 0.2) is 30.3 Å². The SMILES string of the molecule is CC(=O)NC[C@H]1Cc2cc(F)cc(-c3c(F)cccc3F)c2O1. The summed E-state index contributed by atoms with van der Waals surface area (Å²) in [6.45, 7) is 1.62. The third-order valence-electron chi connectivity index (χ3n) is 3.67. The van der Waals surface area contributed by atoms with Crippen molar-refractivity contribution in [1.82, 2.24) is 5.32 Å². The van der Waals surface area contributed by atoms with E-state index in [-0.39, 0.29) is 29.3 Å². The van der Waals surface area contributed by atoms with Crippen molar-refractivity contribution in [2.45, 2.75) is 19.4 Å². The summed E-state index contributed by atoms with van der Waals surface area (Å²) in [6, 6.07) is 5.81. The van der Waals surface area contributed by atoms with Crippen LogP contribution in [0.5, 0.6) is 5.75 Å². The molecule has 23 heavy (non-hydrogen) atoms. The Bertz CT molecular complexity index is 756. The Morgan fingerprint density at radius 3 is 2.61 bits per heavy atom. The maximum Gasteiger partial charge on any atom is 0.217 e. The van der Waals surface area contributed by atoms with Gasteiger partial charge < -0.3 is 10.1 Å². The lowest BCUT2D eigenvalue weighted by atomic mass is 9.99. The van der Waals surface area contributed by atoms with Crippen LogP contribution in [-0.4, -0.2) is 18.6 Å². The minimum Gasteiger partial charge on any atom is -0.487 e. The predicted octanol–water partition coefficient (Wildman–Crippen LogP) is 3.21. The molecule has 0 spiro atoms. The van der Waals surface area contributed by atoms with Crippen molar-refractivity contribution < 1.29 is 22.7 Å². The third-order valence-corrected chi connectivity index (χ3v) is 3.67. The topological polar surface area (TPSA) is 38.3 Å². The average Bonchev–Trinajstić information content (AvgIpc) is 2.87. The summed E-state index contributed by atoms with van der Waals surface area (Å²) in [4.78, 5) is 11.0. The Morgan fingerprint density at radius 1 is 1.26 bits per heavy atom. The molecule has 0 saturated carbocycles. The van der Waals surface area contributed by atoms with E-state index in [9.17, 15) is 18.0 Å². The first kappa shape index (κ1) is 15.4. The molecule has 0 aliphatic carbocycles. The van der Waals surface area contributed by atoms with Gasteiger partial charge in [-0.1, -0.05) is 6.07 Å². The number of hydrogen-bond acceptors (Lipinski definition) is 2. The number of ether oxygens (including phenoxy) is 1. The molecule has 6 heteroatoms. The molecule has 0 bridgehead atoms. The maximum absolute atomic E-state index is 14.0. The second-order valence-corrected chi connectivity index (χ2v) is 5.42. The van der Waals surface area contributed by atoms with E-state index < -0.39 is 23.6 Å². The van der Waals surface area contributed by atoms with Gasteiger partial charge in [-0.05, 0) is 24.3 Å². The molecule has 120 valence electrons. The number of hydrogen-bond donors (Lipinski definition) is 1. The standard InChI is InChI=1S/C17H14F3NO2/c1-9(22)21-8-12-6-10-5-11(18)7-13(17(10)23-12)16-14(19)3-2-4-15(16)20/h2-5,7,12H,6,8H2,1H3,(H,21,22)/t12-/m1/s1. The molecule has 0 aromatic heterocycles. The number of halogens is 3. The van der Waals surface area contributed by atoms with Crippen LogP contribution >= 0.6 is 0 Å². The molecule has 3 rings (SSSR count). The molecule has 1 amide bonds. The molecule has 1 atom stereocenters. The van der Waals surface area contributed by atoms with E-state index in [0.29, 0.717) is 12.0 Å². The van der Waals surface area contributed by atoms with Crippen molar-refractivity contribution >= 4 is 5.91 Å². The van der Waals surface area contributed by atoms with Crippen molar-refractivity contribution in [2.24, 2.45) is 0 Å². The van der Waals surface area contributed by atoms with Crippen molar-refractivity contribution in [1.29, 1.82) is 0 Å². The number of nitrogens with one attached hydrogen (secondary N) is 1. The molecule has 2 aromatic rings. The van der Waals surface area contributed by atoms with Gasteiger partial charge in [0.2, 0.25) is 5.91 Å². The molecular weight excluding hydrogens is 307 g/mol. The summed E-state index contributed by atoms with van der Waals surface area (Å²) < 4.78 is 47.6. The highest BCUT2D eigenvalue weighted by atomic mass is 19.1. The van der Waals surface area contributed by atoms with Crippen LogP contribution in [0.1, 0.15) is 12.5 Å². The van der Waals surface area contributed by atoms with E-state index in [0.717, 1.165) is 18.2 Å². The molecular formula is C17H14F3NO2. The Hall–Kier alpha value is -2.50. The average molecular weight is 321 g/mol. The van der Waals surface area contributed by atoms with Crippen LogP contribution in [-0.2, 0) is 11.2 Å². The molecule has 1 aliphatic rings. The largest absolute Gasteiger partial charge is 0.487 e. The van der Waals surface area contributed by atoms with Gasteiger partial charge in [0.05, 0.1) is 12.1 Å². The number of fused-ring (bicyclic) bond motifs is 1. The van der Waals surface area contributed by atoms with Crippen molar-refractivity contribution in [3.63, 3.8) is 0 Å². The van der Waals surface area contributed by atoms with Crippen molar-refractivity contribution in [3.8, 4) is 16.9 Å². The molecule has 0 radical (unpaired) electrons. The zero-order valence-electron chi connectivity index (χ0n) is 12.3. The van der Waals surface area contributed by atoms with Gasteiger partial charge in [0, 0.05) is 24.5 Å². The smallest absolute Gasteiger partial charge is 0.217 e. The minimum atomic E-state index is -0.785. The van der Waals surface area contributed by atoms with Crippen LogP contribution in [0.4, 0.5) is 13.2 Å². The van der Waals surface area contributed by atoms with Gasteiger partial charge in [-0.2, -0.15) is 0 Å². The van der Waals surface area contributed by atoms with E-state index in [4.69, 9.17) is 4.74 Å². The van der Waals surface area contributed by atoms with Crippen molar-refractivity contribution in [3.05, 3.63) is 53.3 Å². The Balaban J connectivity index is 2.01. The zero-order valence-corrected chi connectivity index (χ0v) is 12.3. The summed E-state index contributed by atoms with van der Waals surface area (Å²) in [6.07, 6.45) is -0.0412. The third kappa shape index (κ3) is 3.02. The lowest BCUT2D eigenvalue weighted by Crippen LogP contribution is -2.32. The highest BCUT2D eigenvalue weighted by Crippen LogP contribution is 2.41. The highest BCUT2D eigenvalue weighted by molar-refractivity contribution is 5.75. The molecule has 1 aliphatic heterocycles. The number of benzene rings is 2. The van der Waals surface area contributed by atoms with Crippen LogP contribution in [0.25, 0.3) is 11.1 Å². The highest BCUT2D eigenvalue weighted by Gasteiger charge is 2.29. The Labute approximate surface area is 131 Å². The Morgan fingerprint density at radius 2 is 1.96 bits per heavy atom. The normalized spacial score (nSPS) is 15.9. The summed E-state index contributed by atoms with van der Waals surface area (Å²) in [5.41, 5.74) is 0.252. The first-order valence-corrected chi connectivity index (χ1v) is 7.13. The second kappa shape index (κ2) is 5.95. The predicted molar refractivity (Wildman–Crippen MR) is 78.6 cm³/mol. The van der Waals surface area contributed by atoms with E-state index >= 15 is 0 Å². The number of carbonyl (C=O) groups is 1. The van der Waals surface area contributed by atoms with E-state index in [2.05, 4.69) is 5.32 Å². The van der Waals surface area contributed by atoms with Gasteiger partial charge in [-0.3, -0.25) is 4.79 Å². The molecule has 1 N–H and O–H groups in total. The minimum absolute atomic E-state index is 0.0425. The summed E-state index contributed by atoms with van der Waals surface area (Å²) in [5.74, 6) is -2.12. The van der Waals surface area contributed by atoms with Crippen LogP contribution in [0.2, 0.25) is 0 Å². The van der Waals surface area contributed by atoms with E-state index in [1.807, 2.05) is 0 Å². The lowest BCUT2D eigenvalue weighted by molar-refractivity contribution is -0.119. The van der Waals surface area contributed by atoms with Gasteiger partial charge in [-0.25, -0.2) is 13.2 Å². The van der Waals surface area contributed by atoms with Crippen LogP contribution in [0.3, 0.4) is 0 Å². The fraction of sp³-hybridized carbons (Fsp3) is 0.235. The molecule has 0 saturated heterocycles. The summed E-state index contributed by atoms with van der Waals surface area (Å²) >= 11 is 0. The maximum atomic E-state index is 14.0. The fourth-order valence-corrected chi connectivity index (χ4v) is 2.71. The van der Waals surface area contributed by atoms with Gasteiger partial charge >= 0.3 is 0 Å². The molecule has 2 aromatic carbocycles. The van der Waals surface area contributed by atoms with Crippen LogP contribution < -0.4 is 10.1 Å². The first-order chi connectivity index (χ1) is 11.0. The lowest BCUT2D eigenvalue weighted by Gasteiger charge is -2.13. The zero-order chi connectivity index (χ0) is 16.6. The fourth-order valence-electron chi connectivity index (χ4n) is 2.71. The molecule has 3 nitrogen and oxygen atoms in total. The van der Waals surface area contributed by atoms with Gasteiger partial charge in [0.25, 0.3) is 0 Å². The number of rotatable bonds is 3. The first-order valence-electron chi connectivity index (χ1n) is 7.13. The summed E-state index contributed by atoms with van der Waals surface area (Å²) in [5, 5.41) is 2.61. The van der Waals surface area contributed by atoms with Gasteiger partial charge in [0.15, 0.2) is 0 Å².